The highest BCUT2D eigenvalue weighted by atomic mass is 35.5. The molecule has 0 amide bonds. The third-order valence-electron chi connectivity index (χ3n) is 7.86. The standard InChI is InChI=1S/C33H29Cl2F2N5O2S/c1-18-15-25(41-32(23(18)17-43)44-33(36)37)22-11-5-9-20(28(22)34)21-10-6-12-24(29(21)35)40-31-30-26(13-14-38-31)45-27(42-30)16-39-19-7-3-2-4-8-19/h5-6,9-15,17,19,33,39H,2-4,7-8,16H2,1H3,(H,38,40). The lowest BCUT2D eigenvalue weighted by Gasteiger charge is -2.22. The summed E-state index contributed by atoms with van der Waals surface area (Å²) in [7, 11) is 0. The zero-order valence-corrected chi connectivity index (χ0v) is 26.6. The minimum Gasteiger partial charge on any atom is -0.416 e. The number of aldehydes is 1. The van der Waals surface area contributed by atoms with E-state index < -0.39 is 12.5 Å². The van der Waals surface area contributed by atoms with Crippen molar-refractivity contribution in [2.45, 2.75) is 58.2 Å². The average Bonchev–Trinajstić information content (AvgIpc) is 3.46. The predicted molar refractivity (Wildman–Crippen MR) is 176 cm³/mol. The molecule has 0 spiro atoms. The molecule has 1 aliphatic carbocycles. The van der Waals surface area contributed by atoms with E-state index in [1.807, 2.05) is 30.3 Å². The number of alkyl halides is 2. The van der Waals surface area contributed by atoms with Gasteiger partial charge in [0.25, 0.3) is 0 Å². The van der Waals surface area contributed by atoms with Gasteiger partial charge in [-0.3, -0.25) is 4.79 Å². The van der Waals surface area contributed by atoms with E-state index >= 15 is 0 Å². The molecule has 0 atom stereocenters. The highest BCUT2D eigenvalue weighted by Crippen LogP contribution is 2.42. The topological polar surface area (TPSA) is 89.0 Å². The Morgan fingerprint density at radius 3 is 2.51 bits per heavy atom. The Balaban J connectivity index is 1.30. The molecule has 12 heteroatoms. The van der Waals surface area contributed by atoms with Crippen LogP contribution in [-0.2, 0) is 6.54 Å². The molecule has 232 valence electrons. The normalized spacial score (nSPS) is 13.8. The average molecular weight is 669 g/mol. The van der Waals surface area contributed by atoms with Gasteiger partial charge >= 0.3 is 6.61 Å². The maximum Gasteiger partial charge on any atom is 0.388 e. The van der Waals surface area contributed by atoms with Gasteiger partial charge in [0.1, 0.15) is 10.5 Å². The number of hydrogen-bond donors (Lipinski definition) is 2. The number of halogens is 4. The van der Waals surface area contributed by atoms with Crippen molar-refractivity contribution in [2.24, 2.45) is 0 Å². The van der Waals surface area contributed by atoms with Crippen molar-refractivity contribution in [1.82, 2.24) is 20.3 Å². The first-order valence-electron chi connectivity index (χ1n) is 14.6. The summed E-state index contributed by atoms with van der Waals surface area (Å²) in [6.45, 7) is -0.808. The number of thiazole rings is 1. The first kappa shape index (κ1) is 31.3. The van der Waals surface area contributed by atoms with Crippen LogP contribution in [-0.4, -0.2) is 33.9 Å². The number of pyridine rings is 2. The second-order valence-corrected chi connectivity index (χ2v) is 12.7. The summed E-state index contributed by atoms with van der Waals surface area (Å²) in [5.41, 5.74) is 3.74. The second kappa shape index (κ2) is 13.7. The van der Waals surface area contributed by atoms with Crippen molar-refractivity contribution < 1.29 is 18.3 Å². The summed E-state index contributed by atoms with van der Waals surface area (Å²) >= 11 is 15.5. The van der Waals surface area contributed by atoms with Crippen LogP contribution >= 0.6 is 34.5 Å². The molecule has 1 fully saturated rings. The molecular weight excluding hydrogens is 639 g/mol. The predicted octanol–water partition coefficient (Wildman–Crippen LogP) is 9.62. The minimum absolute atomic E-state index is 0.0514. The Labute approximate surface area is 273 Å². The maximum atomic E-state index is 13.1. The maximum absolute atomic E-state index is 13.1. The van der Waals surface area contributed by atoms with E-state index in [0.717, 1.165) is 21.8 Å². The third kappa shape index (κ3) is 6.79. The molecule has 45 heavy (non-hydrogen) atoms. The van der Waals surface area contributed by atoms with E-state index in [1.54, 1.807) is 42.7 Å². The van der Waals surface area contributed by atoms with Crippen LogP contribution in [0, 0.1) is 6.92 Å². The minimum atomic E-state index is -3.14. The Hall–Kier alpha value is -3.70. The Morgan fingerprint density at radius 2 is 1.76 bits per heavy atom. The number of fused-ring (bicyclic) bond motifs is 1. The zero-order chi connectivity index (χ0) is 31.5. The van der Waals surface area contributed by atoms with Crippen LogP contribution in [0.4, 0.5) is 20.3 Å². The van der Waals surface area contributed by atoms with Crippen LogP contribution in [0.5, 0.6) is 5.88 Å². The van der Waals surface area contributed by atoms with Gasteiger partial charge in [0.2, 0.25) is 5.88 Å². The molecule has 0 aliphatic heterocycles. The van der Waals surface area contributed by atoms with E-state index in [-0.39, 0.29) is 11.3 Å². The number of benzene rings is 2. The van der Waals surface area contributed by atoms with Crippen LogP contribution in [0.3, 0.4) is 0 Å². The third-order valence-corrected chi connectivity index (χ3v) is 9.70. The largest absolute Gasteiger partial charge is 0.416 e. The monoisotopic (exact) mass is 667 g/mol. The molecule has 1 saturated carbocycles. The molecule has 1 aliphatic rings. The lowest BCUT2D eigenvalue weighted by Crippen LogP contribution is -2.30. The zero-order valence-electron chi connectivity index (χ0n) is 24.2. The van der Waals surface area contributed by atoms with E-state index in [9.17, 15) is 13.6 Å². The van der Waals surface area contributed by atoms with Gasteiger partial charge in [0.15, 0.2) is 12.1 Å². The summed E-state index contributed by atoms with van der Waals surface area (Å²) in [5, 5.41) is 8.73. The first-order valence-corrected chi connectivity index (χ1v) is 16.1. The van der Waals surface area contributed by atoms with Gasteiger partial charge in [-0.15, -0.1) is 11.3 Å². The fourth-order valence-electron chi connectivity index (χ4n) is 5.62. The molecule has 3 heterocycles. The molecule has 0 saturated heterocycles. The molecule has 5 aromatic rings. The number of carbonyl (C=O) groups excluding carboxylic acids is 1. The van der Waals surface area contributed by atoms with E-state index in [1.165, 1.54) is 32.1 Å². The van der Waals surface area contributed by atoms with Gasteiger partial charge in [-0.2, -0.15) is 8.78 Å². The van der Waals surface area contributed by atoms with Crippen LogP contribution in [0.15, 0.2) is 54.7 Å². The Kier molecular flexibility index (Phi) is 9.56. The number of aryl methyl sites for hydroxylation is 1. The highest BCUT2D eigenvalue weighted by molar-refractivity contribution is 7.18. The molecule has 0 unspecified atom stereocenters. The van der Waals surface area contributed by atoms with Crippen molar-refractivity contribution >= 4 is 62.5 Å². The lowest BCUT2D eigenvalue weighted by atomic mass is 9.96. The summed E-state index contributed by atoms with van der Waals surface area (Å²) in [6.07, 6.45) is 8.46. The van der Waals surface area contributed by atoms with E-state index in [2.05, 4.69) is 25.3 Å². The second-order valence-electron chi connectivity index (χ2n) is 10.8. The van der Waals surface area contributed by atoms with Gasteiger partial charge in [-0.1, -0.05) is 72.8 Å². The van der Waals surface area contributed by atoms with Crippen molar-refractivity contribution in [2.75, 3.05) is 5.32 Å². The van der Waals surface area contributed by atoms with Crippen molar-refractivity contribution in [3.05, 3.63) is 80.9 Å². The van der Waals surface area contributed by atoms with Gasteiger partial charge in [-0.05, 0) is 43.5 Å². The number of nitrogens with one attached hydrogen (secondary N) is 2. The Morgan fingerprint density at radius 1 is 1.02 bits per heavy atom. The van der Waals surface area contributed by atoms with Gasteiger partial charge in [0.05, 0.1) is 31.7 Å². The molecule has 0 radical (unpaired) electrons. The van der Waals surface area contributed by atoms with Crippen molar-refractivity contribution in [1.29, 1.82) is 0 Å². The molecule has 0 bridgehead atoms. The molecular formula is C33H29Cl2F2N5O2S. The summed E-state index contributed by atoms with van der Waals surface area (Å²) in [6, 6.07) is 14.9. The van der Waals surface area contributed by atoms with Crippen LogP contribution in [0.2, 0.25) is 10.0 Å². The molecule has 7 nitrogen and oxygen atoms in total. The SMILES string of the molecule is Cc1cc(-c2cccc(-c3cccc(Nc4nccc5sc(CNC6CCCCC6)nc45)c3Cl)c2Cl)nc(OC(F)F)c1C=O. The fourth-order valence-corrected chi connectivity index (χ4v) is 7.13. The molecule has 6 rings (SSSR count). The number of aromatic nitrogens is 3. The highest BCUT2D eigenvalue weighted by Gasteiger charge is 2.20. The number of anilines is 2. The Bertz CT molecular complexity index is 1860. The molecule has 3 aromatic heterocycles. The van der Waals surface area contributed by atoms with Gasteiger partial charge in [0, 0.05) is 35.5 Å². The number of ether oxygens (including phenoxy) is 1. The lowest BCUT2D eigenvalue weighted by molar-refractivity contribution is -0.0530. The number of carbonyl (C=O) groups is 1. The number of hydrogen-bond acceptors (Lipinski definition) is 8. The van der Waals surface area contributed by atoms with Crippen LogP contribution in [0.1, 0.15) is 53.0 Å². The first-order chi connectivity index (χ1) is 21.8. The van der Waals surface area contributed by atoms with Gasteiger partial charge in [-0.25, -0.2) is 15.0 Å². The van der Waals surface area contributed by atoms with Crippen molar-refractivity contribution in [3.8, 4) is 28.3 Å². The molecule has 2 N–H and O–H groups in total. The smallest absolute Gasteiger partial charge is 0.388 e. The van der Waals surface area contributed by atoms with Crippen LogP contribution in [0.25, 0.3) is 32.6 Å². The van der Waals surface area contributed by atoms with Gasteiger partial charge < -0.3 is 15.4 Å². The van der Waals surface area contributed by atoms with E-state index in [4.69, 9.17) is 28.2 Å². The van der Waals surface area contributed by atoms with Crippen LogP contribution < -0.4 is 15.4 Å². The van der Waals surface area contributed by atoms with E-state index in [0.29, 0.717) is 56.1 Å². The van der Waals surface area contributed by atoms with Crippen molar-refractivity contribution in [3.63, 3.8) is 0 Å². The summed E-state index contributed by atoms with van der Waals surface area (Å²) in [4.78, 5) is 25.2. The quantitative estimate of drug-likeness (QED) is 0.143. The fraction of sp³-hybridized carbons (Fsp3) is 0.273. The molecule has 2 aromatic carbocycles. The summed E-state index contributed by atoms with van der Waals surface area (Å²) in [5.74, 6) is 0.130. The summed E-state index contributed by atoms with van der Waals surface area (Å²) < 4.78 is 31.7. The number of nitrogens with zero attached hydrogens (tertiary/aromatic N) is 3. The number of rotatable bonds is 10.